The summed E-state index contributed by atoms with van der Waals surface area (Å²) in [6.45, 7) is 10.8. The maximum absolute atomic E-state index is 6.73. The third-order valence-corrected chi connectivity index (χ3v) is 9.04. The topological polar surface area (TPSA) is 65.3 Å². The predicted octanol–water partition coefficient (Wildman–Crippen LogP) is 4.78. The molecule has 0 spiro atoms. The average molecular weight is 485 g/mol. The smallest absolute Gasteiger partial charge is 0.169 e. The normalized spacial score (nSPS) is 38.4. The van der Waals surface area contributed by atoms with E-state index in [1.165, 1.54) is 44.1 Å². The van der Waals surface area contributed by atoms with E-state index in [1.54, 1.807) is 0 Å². The summed E-state index contributed by atoms with van der Waals surface area (Å²) in [6.07, 6.45) is 8.52. The molecule has 4 bridgehead atoms. The fraction of sp³-hybridized carbons (Fsp3) is 0.793. The summed E-state index contributed by atoms with van der Waals surface area (Å²) in [7, 11) is 0. The quantitative estimate of drug-likeness (QED) is 0.445. The Labute approximate surface area is 208 Å². The molecule has 3 aliphatic heterocycles. The summed E-state index contributed by atoms with van der Waals surface area (Å²) >= 11 is 0. The maximum Gasteiger partial charge on any atom is 0.169 e. The van der Waals surface area contributed by atoms with E-state index in [1.807, 2.05) is 0 Å². The Balaban J connectivity index is 1.37. The molecule has 1 aromatic carbocycles. The molecule has 192 valence electrons. The SMILES string of the molecule is CC(C)(C)c1cc(OCC2CO2)c(C23CC4CC(CC(C4)C2)C3)c(OCC2CO2)c1OCC1CO1. The molecule has 0 amide bonds. The fourth-order valence-corrected chi connectivity index (χ4v) is 7.52. The summed E-state index contributed by atoms with van der Waals surface area (Å²) < 4.78 is 36.5. The van der Waals surface area contributed by atoms with Gasteiger partial charge in [0.1, 0.15) is 43.9 Å². The Bertz CT molecular complexity index is 933. The van der Waals surface area contributed by atoms with Gasteiger partial charge in [0, 0.05) is 16.5 Å². The molecule has 3 saturated heterocycles. The van der Waals surface area contributed by atoms with Crippen LogP contribution in [0.2, 0.25) is 0 Å². The molecule has 7 aliphatic rings. The molecule has 0 N–H and O–H groups in total. The van der Waals surface area contributed by atoms with E-state index < -0.39 is 0 Å². The number of rotatable bonds is 10. The lowest BCUT2D eigenvalue weighted by atomic mass is 9.47. The Morgan fingerprint density at radius 2 is 1.20 bits per heavy atom. The average Bonchev–Trinajstić information content (AvgIpc) is 3.66. The van der Waals surface area contributed by atoms with E-state index in [0.29, 0.717) is 19.8 Å². The molecule has 8 rings (SSSR count). The first kappa shape index (κ1) is 22.7. The molecule has 0 aromatic heterocycles. The molecule has 3 atom stereocenters. The number of hydrogen-bond acceptors (Lipinski definition) is 6. The maximum atomic E-state index is 6.73. The van der Waals surface area contributed by atoms with Crippen LogP contribution in [0.1, 0.15) is 70.4 Å². The zero-order valence-electron chi connectivity index (χ0n) is 21.5. The van der Waals surface area contributed by atoms with Crippen LogP contribution >= 0.6 is 0 Å². The second kappa shape index (κ2) is 8.26. The molecule has 3 heterocycles. The summed E-state index contributed by atoms with van der Waals surface area (Å²) in [5.41, 5.74) is 2.41. The van der Waals surface area contributed by atoms with Crippen LogP contribution in [-0.2, 0) is 25.0 Å². The zero-order chi connectivity index (χ0) is 23.8. The third-order valence-electron chi connectivity index (χ3n) is 9.04. The lowest BCUT2D eigenvalue weighted by molar-refractivity contribution is -0.00801. The molecule has 6 nitrogen and oxygen atoms in total. The van der Waals surface area contributed by atoms with Crippen LogP contribution < -0.4 is 14.2 Å². The van der Waals surface area contributed by atoms with Gasteiger partial charge < -0.3 is 28.4 Å². The monoisotopic (exact) mass is 484 g/mol. The van der Waals surface area contributed by atoms with Gasteiger partial charge in [-0.2, -0.15) is 0 Å². The Morgan fingerprint density at radius 3 is 1.66 bits per heavy atom. The fourth-order valence-electron chi connectivity index (χ4n) is 7.52. The van der Waals surface area contributed by atoms with Crippen molar-refractivity contribution in [3.05, 3.63) is 17.2 Å². The van der Waals surface area contributed by atoms with Gasteiger partial charge in [0.15, 0.2) is 11.5 Å². The first-order valence-corrected chi connectivity index (χ1v) is 13.8. The molecule has 4 aliphatic carbocycles. The van der Waals surface area contributed by atoms with E-state index >= 15 is 0 Å². The van der Waals surface area contributed by atoms with E-state index in [-0.39, 0.29) is 29.1 Å². The highest BCUT2D eigenvalue weighted by molar-refractivity contribution is 5.63. The van der Waals surface area contributed by atoms with Crippen molar-refractivity contribution in [3.63, 3.8) is 0 Å². The Kier molecular flexibility index (Phi) is 5.35. The van der Waals surface area contributed by atoms with Crippen LogP contribution in [0.25, 0.3) is 0 Å². The van der Waals surface area contributed by atoms with E-state index in [4.69, 9.17) is 28.4 Å². The summed E-state index contributed by atoms with van der Waals surface area (Å²) in [6, 6.07) is 2.28. The second-order valence-electron chi connectivity index (χ2n) is 13.2. The molecule has 1 aromatic rings. The van der Waals surface area contributed by atoms with E-state index in [0.717, 1.165) is 60.4 Å². The van der Waals surface area contributed by atoms with E-state index in [9.17, 15) is 0 Å². The van der Waals surface area contributed by atoms with Crippen LogP contribution in [0.5, 0.6) is 17.2 Å². The minimum absolute atomic E-state index is 0.110. The number of epoxide rings is 3. The van der Waals surface area contributed by atoms with Gasteiger partial charge in [-0.05, 0) is 67.8 Å². The molecule has 3 unspecified atom stereocenters. The van der Waals surface area contributed by atoms with Crippen LogP contribution in [0.3, 0.4) is 0 Å². The summed E-state index contributed by atoms with van der Waals surface area (Å²) in [4.78, 5) is 0. The van der Waals surface area contributed by atoms with Gasteiger partial charge in [0.05, 0.1) is 19.8 Å². The highest BCUT2D eigenvalue weighted by atomic mass is 16.6. The minimum atomic E-state index is -0.123. The Morgan fingerprint density at radius 1 is 0.743 bits per heavy atom. The molecule has 6 heteroatoms. The van der Waals surface area contributed by atoms with Crippen molar-refractivity contribution >= 4 is 0 Å². The van der Waals surface area contributed by atoms with Gasteiger partial charge in [-0.15, -0.1) is 0 Å². The van der Waals surface area contributed by atoms with Crippen molar-refractivity contribution in [2.75, 3.05) is 39.6 Å². The number of ether oxygens (including phenoxy) is 6. The zero-order valence-corrected chi connectivity index (χ0v) is 21.5. The van der Waals surface area contributed by atoms with Crippen molar-refractivity contribution in [2.45, 2.75) is 88.4 Å². The van der Waals surface area contributed by atoms with Gasteiger partial charge >= 0.3 is 0 Å². The Hall–Kier alpha value is -1.50. The van der Waals surface area contributed by atoms with Crippen LogP contribution in [0.4, 0.5) is 0 Å². The highest BCUT2D eigenvalue weighted by Crippen LogP contribution is 2.65. The van der Waals surface area contributed by atoms with Crippen molar-refractivity contribution < 1.29 is 28.4 Å². The first-order valence-electron chi connectivity index (χ1n) is 13.8. The first-order chi connectivity index (χ1) is 16.9. The molecule has 0 radical (unpaired) electrons. The van der Waals surface area contributed by atoms with Gasteiger partial charge in [0.25, 0.3) is 0 Å². The summed E-state index contributed by atoms with van der Waals surface area (Å²) in [5, 5.41) is 0. The van der Waals surface area contributed by atoms with Crippen LogP contribution in [0.15, 0.2) is 6.07 Å². The van der Waals surface area contributed by atoms with Gasteiger partial charge in [-0.25, -0.2) is 0 Å². The molecule has 7 fully saturated rings. The largest absolute Gasteiger partial charge is 0.490 e. The lowest BCUT2D eigenvalue weighted by Crippen LogP contribution is -2.49. The van der Waals surface area contributed by atoms with Crippen molar-refractivity contribution in [1.82, 2.24) is 0 Å². The lowest BCUT2D eigenvalue weighted by Gasteiger charge is -2.57. The third kappa shape index (κ3) is 4.55. The van der Waals surface area contributed by atoms with Crippen LogP contribution in [0, 0.1) is 17.8 Å². The van der Waals surface area contributed by atoms with E-state index in [2.05, 4.69) is 26.8 Å². The van der Waals surface area contributed by atoms with Gasteiger partial charge in [0.2, 0.25) is 0 Å². The van der Waals surface area contributed by atoms with Crippen molar-refractivity contribution in [1.29, 1.82) is 0 Å². The number of hydrogen-bond donors (Lipinski definition) is 0. The van der Waals surface area contributed by atoms with Gasteiger partial charge in [-0.1, -0.05) is 20.8 Å². The van der Waals surface area contributed by atoms with Crippen molar-refractivity contribution in [2.24, 2.45) is 17.8 Å². The van der Waals surface area contributed by atoms with Crippen molar-refractivity contribution in [3.8, 4) is 17.2 Å². The highest BCUT2D eigenvalue weighted by Gasteiger charge is 2.54. The minimum Gasteiger partial charge on any atom is -0.490 e. The molecule has 35 heavy (non-hydrogen) atoms. The summed E-state index contributed by atoms with van der Waals surface area (Å²) in [5.74, 6) is 5.29. The molecule has 4 saturated carbocycles. The standard InChI is InChI=1S/C29H40O6/c1-28(2,3)23-7-24(33-14-20-11-30-20)25(29-8-17-4-18(9-29)6-19(5-17)10-29)27(35-16-22-13-32-22)26(23)34-15-21-12-31-21/h7,17-22H,4-6,8-16H2,1-3H3. The number of benzene rings is 1. The van der Waals surface area contributed by atoms with Gasteiger partial charge in [-0.3, -0.25) is 0 Å². The molecular weight excluding hydrogens is 444 g/mol. The predicted molar refractivity (Wildman–Crippen MR) is 131 cm³/mol. The van der Waals surface area contributed by atoms with Crippen LogP contribution in [-0.4, -0.2) is 58.0 Å². The second-order valence-corrected chi connectivity index (χ2v) is 13.2. The molecular formula is C29H40O6.